The number of benzene rings is 2. The normalized spacial score (nSPS) is 18.9. The molecule has 5 rings (SSSR count). The number of halogens is 3. The zero-order chi connectivity index (χ0) is 24.7. The number of piperidine rings is 1. The number of nitrogens with zero attached hydrogens (tertiary/aromatic N) is 3. The molecule has 2 saturated heterocycles. The van der Waals surface area contributed by atoms with Crippen LogP contribution in [0.3, 0.4) is 0 Å². The van der Waals surface area contributed by atoms with Crippen LogP contribution in [0, 0.1) is 22.3 Å². The van der Waals surface area contributed by atoms with Crippen molar-refractivity contribution in [1.82, 2.24) is 4.90 Å². The third-order valence-corrected chi connectivity index (χ3v) is 6.94. The van der Waals surface area contributed by atoms with E-state index in [1.807, 2.05) is 0 Å². The fourth-order valence-corrected chi connectivity index (χ4v) is 5.23. The van der Waals surface area contributed by atoms with E-state index in [2.05, 4.69) is 5.32 Å². The van der Waals surface area contributed by atoms with Crippen LogP contribution in [0.2, 0.25) is 5.02 Å². The molecule has 1 spiro atoms. The Bertz CT molecular complexity index is 1290. The second-order valence-electron chi connectivity index (χ2n) is 8.74. The zero-order valence-electron chi connectivity index (χ0n) is 18.5. The maximum Gasteiger partial charge on any atom is 0.321 e. The average molecular weight is 499 g/mol. The summed E-state index contributed by atoms with van der Waals surface area (Å²) in [6, 6.07) is 13.7. The molecule has 1 atom stereocenters. The summed E-state index contributed by atoms with van der Waals surface area (Å²) in [4.78, 5) is 29.4. The standard InChI is InChI=1S/C25H21ClF2N4O3/c26-16-4-3-5-20(12-16)32-22(21-6-1-2-9-31(21)35)25(23(32)33)7-10-30(11-8-25)24(34)29-19-14-17(27)13-18(28)15-19/h1-6,9,12-15,22H,7-8,10-11H2,(H,29,34). The van der Waals surface area contributed by atoms with Crippen molar-refractivity contribution in [2.45, 2.75) is 18.9 Å². The van der Waals surface area contributed by atoms with Gasteiger partial charge < -0.3 is 15.4 Å². The van der Waals surface area contributed by atoms with Crippen molar-refractivity contribution in [1.29, 1.82) is 0 Å². The Morgan fingerprint density at radius 1 is 1.06 bits per heavy atom. The Morgan fingerprint density at radius 3 is 2.43 bits per heavy atom. The van der Waals surface area contributed by atoms with Gasteiger partial charge in [0, 0.05) is 47.7 Å². The van der Waals surface area contributed by atoms with Crippen LogP contribution >= 0.6 is 11.6 Å². The number of aromatic nitrogens is 1. The van der Waals surface area contributed by atoms with Crippen LogP contribution < -0.4 is 14.9 Å². The molecule has 1 unspecified atom stereocenters. The smallest absolute Gasteiger partial charge is 0.321 e. The number of likely N-dealkylation sites (tertiary alicyclic amines) is 1. The molecule has 10 heteroatoms. The highest BCUT2D eigenvalue weighted by Gasteiger charge is 2.64. The Balaban J connectivity index is 1.39. The van der Waals surface area contributed by atoms with E-state index < -0.39 is 29.1 Å². The molecule has 35 heavy (non-hydrogen) atoms. The lowest BCUT2D eigenvalue weighted by atomic mass is 9.63. The van der Waals surface area contributed by atoms with Gasteiger partial charge in [-0.3, -0.25) is 9.69 Å². The maximum absolute atomic E-state index is 13.6. The SMILES string of the molecule is O=C(Nc1cc(F)cc(F)c1)N1CCC2(CC1)C(=O)N(c1cccc(Cl)c1)C2c1cccc[n+]1[O-]. The number of pyridine rings is 1. The summed E-state index contributed by atoms with van der Waals surface area (Å²) in [6.07, 6.45) is 2.05. The summed E-state index contributed by atoms with van der Waals surface area (Å²) in [5.74, 6) is -1.73. The molecule has 0 radical (unpaired) electrons. The van der Waals surface area contributed by atoms with E-state index in [9.17, 15) is 23.6 Å². The van der Waals surface area contributed by atoms with E-state index in [1.165, 1.54) is 11.1 Å². The highest BCUT2D eigenvalue weighted by atomic mass is 35.5. The van der Waals surface area contributed by atoms with Gasteiger partial charge in [0.25, 0.3) is 0 Å². The van der Waals surface area contributed by atoms with E-state index in [0.717, 1.165) is 22.9 Å². The molecule has 0 saturated carbocycles. The number of nitrogens with one attached hydrogen (secondary N) is 1. The lowest BCUT2D eigenvalue weighted by Crippen LogP contribution is -2.68. The summed E-state index contributed by atoms with van der Waals surface area (Å²) in [6.45, 7) is 0.474. The van der Waals surface area contributed by atoms with Gasteiger partial charge in [0.05, 0.1) is 5.41 Å². The van der Waals surface area contributed by atoms with E-state index in [-0.39, 0.29) is 24.7 Å². The van der Waals surface area contributed by atoms with Crippen LogP contribution in [0.4, 0.5) is 25.0 Å². The third kappa shape index (κ3) is 4.05. The van der Waals surface area contributed by atoms with Gasteiger partial charge in [0.15, 0.2) is 6.20 Å². The van der Waals surface area contributed by atoms with E-state index in [0.29, 0.717) is 29.2 Å². The van der Waals surface area contributed by atoms with Crippen molar-refractivity contribution in [3.63, 3.8) is 0 Å². The molecule has 2 aliphatic rings. The minimum absolute atomic E-state index is 0.00852. The number of rotatable bonds is 3. The van der Waals surface area contributed by atoms with Crippen LogP contribution in [0.1, 0.15) is 24.6 Å². The maximum atomic E-state index is 13.6. The van der Waals surface area contributed by atoms with Gasteiger partial charge in [-0.05, 0) is 49.2 Å². The zero-order valence-corrected chi connectivity index (χ0v) is 19.2. The molecule has 3 heterocycles. The molecular formula is C25H21ClF2N4O3. The number of hydrogen-bond acceptors (Lipinski definition) is 3. The first-order valence-electron chi connectivity index (χ1n) is 11.1. The summed E-state index contributed by atoms with van der Waals surface area (Å²) in [5.41, 5.74) is 0.169. The number of amides is 3. The molecule has 2 fully saturated rings. The Hall–Kier alpha value is -3.72. The van der Waals surface area contributed by atoms with Crippen molar-refractivity contribution < 1.29 is 23.1 Å². The molecule has 1 aromatic heterocycles. The summed E-state index contributed by atoms with van der Waals surface area (Å²) in [7, 11) is 0. The Morgan fingerprint density at radius 2 is 1.77 bits per heavy atom. The van der Waals surface area contributed by atoms with Crippen molar-refractivity contribution >= 4 is 34.9 Å². The van der Waals surface area contributed by atoms with E-state index in [1.54, 1.807) is 47.4 Å². The molecule has 7 nitrogen and oxygen atoms in total. The first kappa shape index (κ1) is 23.0. The quantitative estimate of drug-likeness (QED) is 0.324. The average Bonchev–Trinajstić information content (AvgIpc) is 2.82. The minimum Gasteiger partial charge on any atom is -0.618 e. The monoisotopic (exact) mass is 498 g/mol. The molecule has 1 N–H and O–H groups in total. The molecule has 0 bridgehead atoms. The Kier molecular flexibility index (Phi) is 5.80. The van der Waals surface area contributed by atoms with Crippen LogP contribution in [0.15, 0.2) is 66.9 Å². The predicted octanol–water partition coefficient (Wildman–Crippen LogP) is 4.65. The van der Waals surface area contributed by atoms with Gasteiger partial charge >= 0.3 is 6.03 Å². The van der Waals surface area contributed by atoms with Crippen molar-refractivity contribution in [3.05, 3.63) is 94.4 Å². The highest BCUT2D eigenvalue weighted by molar-refractivity contribution is 6.31. The van der Waals surface area contributed by atoms with Crippen LogP contribution in [-0.2, 0) is 4.79 Å². The fourth-order valence-electron chi connectivity index (χ4n) is 5.04. The van der Waals surface area contributed by atoms with Gasteiger partial charge in [-0.25, -0.2) is 13.6 Å². The van der Waals surface area contributed by atoms with Gasteiger partial charge in [-0.1, -0.05) is 17.7 Å². The Labute approximate surface area is 205 Å². The topological polar surface area (TPSA) is 79.6 Å². The molecule has 3 amide bonds. The minimum atomic E-state index is -0.864. The van der Waals surface area contributed by atoms with Gasteiger partial charge in [0.2, 0.25) is 11.6 Å². The first-order valence-corrected chi connectivity index (χ1v) is 11.5. The molecule has 2 aromatic carbocycles. The van der Waals surface area contributed by atoms with Crippen LogP contribution in [0.5, 0.6) is 0 Å². The second kappa shape index (κ2) is 8.81. The molecule has 3 aromatic rings. The lowest BCUT2D eigenvalue weighted by Gasteiger charge is -2.57. The van der Waals surface area contributed by atoms with Crippen LogP contribution in [0.25, 0.3) is 0 Å². The number of hydrogen-bond donors (Lipinski definition) is 1. The molecular weight excluding hydrogens is 478 g/mol. The highest BCUT2D eigenvalue weighted by Crippen LogP contribution is 2.57. The predicted molar refractivity (Wildman–Crippen MR) is 126 cm³/mol. The fraction of sp³-hybridized carbons (Fsp3) is 0.240. The first-order chi connectivity index (χ1) is 16.8. The number of carbonyl (C=O) groups excluding carboxylic acids is 2. The number of carbonyl (C=O) groups is 2. The molecule has 180 valence electrons. The number of anilines is 2. The van der Waals surface area contributed by atoms with Crippen molar-refractivity contribution in [2.24, 2.45) is 5.41 Å². The molecule has 2 aliphatic heterocycles. The van der Waals surface area contributed by atoms with Crippen LogP contribution in [-0.4, -0.2) is 29.9 Å². The number of urea groups is 1. The summed E-state index contributed by atoms with van der Waals surface area (Å²) >= 11 is 6.16. The lowest BCUT2D eigenvalue weighted by molar-refractivity contribution is -0.617. The van der Waals surface area contributed by atoms with Gasteiger partial charge in [-0.15, -0.1) is 0 Å². The van der Waals surface area contributed by atoms with E-state index >= 15 is 0 Å². The van der Waals surface area contributed by atoms with E-state index in [4.69, 9.17) is 11.6 Å². The molecule has 0 aliphatic carbocycles. The summed E-state index contributed by atoms with van der Waals surface area (Å²) < 4.78 is 27.7. The summed E-state index contributed by atoms with van der Waals surface area (Å²) in [5, 5.41) is 15.7. The van der Waals surface area contributed by atoms with Gasteiger partial charge in [-0.2, -0.15) is 4.73 Å². The number of β-lactam (4-membered cyclic amide) rings is 1. The van der Waals surface area contributed by atoms with Crippen molar-refractivity contribution in [3.8, 4) is 0 Å². The third-order valence-electron chi connectivity index (χ3n) is 6.70. The van der Waals surface area contributed by atoms with Gasteiger partial charge in [0.1, 0.15) is 17.7 Å². The largest absolute Gasteiger partial charge is 0.618 e. The van der Waals surface area contributed by atoms with Crippen molar-refractivity contribution in [2.75, 3.05) is 23.3 Å². The second-order valence-corrected chi connectivity index (χ2v) is 9.18.